The molecule has 0 fully saturated rings. The lowest BCUT2D eigenvalue weighted by Gasteiger charge is -2.16. The summed E-state index contributed by atoms with van der Waals surface area (Å²) in [6, 6.07) is -0.215. The van der Waals surface area contributed by atoms with E-state index in [1.165, 1.54) is 16.2 Å². The van der Waals surface area contributed by atoms with Crippen molar-refractivity contribution in [1.29, 1.82) is 0 Å². The normalized spacial score (nSPS) is 10.1. The Balaban J connectivity index is 2.25. The molecule has 2 N–H and O–H groups in total. The first-order valence-electron chi connectivity index (χ1n) is 5.61. The molecule has 0 aliphatic carbocycles. The molecule has 0 unspecified atom stereocenters. The summed E-state index contributed by atoms with van der Waals surface area (Å²) in [6.07, 6.45) is 0.527. The molecule has 0 bridgehead atoms. The van der Waals surface area contributed by atoms with E-state index in [0.717, 1.165) is 10.7 Å². The number of urea groups is 1. The fourth-order valence-electron chi connectivity index (χ4n) is 1.34. The molecule has 0 aliphatic heterocycles. The van der Waals surface area contributed by atoms with Crippen LogP contribution in [0.2, 0.25) is 0 Å². The number of nitrogens with zero attached hydrogens (tertiary/aromatic N) is 2. The lowest BCUT2D eigenvalue weighted by Crippen LogP contribution is -2.37. The van der Waals surface area contributed by atoms with Gasteiger partial charge in [-0.15, -0.1) is 11.3 Å². The van der Waals surface area contributed by atoms with E-state index in [4.69, 9.17) is 5.11 Å². The quantitative estimate of drug-likeness (QED) is 0.820. The van der Waals surface area contributed by atoms with Gasteiger partial charge in [-0.05, 0) is 13.3 Å². The summed E-state index contributed by atoms with van der Waals surface area (Å²) in [4.78, 5) is 27.7. The van der Waals surface area contributed by atoms with Crippen molar-refractivity contribution in [3.63, 3.8) is 0 Å². The number of carboxylic acid groups (broad SMARTS) is 1. The lowest BCUT2D eigenvalue weighted by atomic mass is 10.3. The third-order valence-corrected chi connectivity index (χ3v) is 3.25. The van der Waals surface area contributed by atoms with E-state index in [0.29, 0.717) is 19.5 Å². The molecular weight excluding hydrogens is 254 g/mol. The molecule has 100 valence electrons. The molecule has 0 radical (unpaired) electrons. The van der Waals surface area contributed by atoms with E-state index in [1.807, 2.05) is 12.3 Å². The zero-order valence-corrected chi connectivity index (χ0v) is 11.3. The standard InChI is InChI=1S/C11H17N3O3S/c1-8-7-18-9(13-8)6-12-11(17)14(2)5-3-4-10(15)16/h7H,3-6H2,1-2H3,(H,12,17)(H,15,16). The summed E-state index contributed by atoms with van der Waals surface area (Å²) >= 11 is 1.50. The molecule has 0 aromatic carbocycles. The minimum atomic E-state index is -0.845. The van der Waals surface area contributed by atoms with Crippen molar-refractivity contribution in [3.05, 3.63) is 16.1 Å². The highest BCUT2D eigenvalue weighted by molar-refractivity contribution is 7.09. The molecule has 0 saturated heterocycles. The van der Waals surface area contributed by atoms with Crippen molar-refractivity contribution < 1.29 is 14.7 Å². The van der Waals surface area contributed by atoms with Gasteiger partial charge in [-0.3, -0.25) is 4.79 Å². The SMILES string of the molecule is Cc1csc(CNC(=O)N(C)CCCC(=O)O)n1. The largest absolute Gasteiger partial charge is 0.481 e. The van der Waals surface area contributed by atoms with Crippen molar-refractivity contribution >= 4 is 23.3 Å². The predicted molar refractivity (Wildman–Crippen MR) is 68.6 cm³/mol. The predicted octanol–water partition coefficient (Wildman–Crippen LogP) is 1.46. The number of aromatic nitrogens is 1. The van der Waals surface area contributed by atoms with Gasteiger partial charge in [0.05, 0.1) is 6.54 Å². The Morgan fingerprint density at radius 2 is 2.28 bits per heavy atom. The van der Waals surface area contributed by atoms with Gasteiger partial charge in [-0.2, -0.15) is 0 Å². The minimum absolute atomic E-state index is 0.0727. The third-order valence-electron chi connectivity index (χ3n) is 2.29. The van der Waals surface area contributed by atoms with Crippen molar-refractivity contribution in [2.24, 2.45) is 0 Å². The molecule has 0 saturated carbocycles. The van der Waals surface area contributed by atoms with E-state index in [1.54, 1.807) is 7.05 Å². The van der Waals surface area contributed by atoms with Gasteiger partial charge in [0.15, 0.2) is 0 Å². The van der Waals surface area contributed by atoms with Crippen LogP contribution < -0.4 is 5.32 Å². The molecule has 18 heavy (non-hydrogen) atoms. The first kappa shape index (κ1) is 14.4. The zero-order chi connectivity index (χ0) is 13.5. The molecule has 6 nitrogen and oxygen atoms in total. The molecule has 2 amide bonds. The summed E-state index contributed by atoms with van der Waals surface area (Å²) in [5, 5.41) is 14.0. The van der Waals surface area contributed by atoms with Crippen LogP contribution in [0.3, 0.4) is 0 Å². The zero-order valence-electron chi connectivity index (χ0n) is 10.5. The van der Waals surface area contributed by atoms with Crippen LogP contribution >= 0.6 is 11.3 Å². The summed E-state index contributed by atoms with van der Waals surface area (Å²) in [7, 11) is 1.64. The van der Waals surface area contributed by atoms with Crippen molar-refractivity contribution in [1.82, 2.24) is 15.2 Å². The number of aliphatic carboxylic acids is 1. The first-order valence-corrected chi connectivity index (χ1v) is 6.48. The Labute approximate surface area is 110 Å². The van der Waals surface area contributed by atoms with Gasteiger partial charge < -0.3 is 15.3 Å². The molecule has 7 heteroatoms. The Morgan fingerprint density at radius 1 is 1.56 bits per heavy atom. The Kier molecular flexibility index (Phi) is 5.57. The smallest absolute Gasteiger partial charge is 0.317 e. The average molecular weight is 271 g/mol. The number of carboxylic acids is 1. The number of hydrogen-bond donors (Lipinski definition) is 2. The van der Waals surface area contributed by atoms with Gasteiger partial charge in [0, 0.05) is 31.1 Å². The molecule has 0 aliphatic rings. The van der Waals surface area contributed by atoms with Gasteiger partial charge in [0.25, 0.3) is 0 Å². The van der Waals surface area contributed by atoms with Gasteiger partial charge in [0.1, 0.15) is 5.01 Å². The highest BCUT2D eigenvalue weighted by Crippen LogP contribution is 2.07. The van der Waals surface area contributed by atoms with Crippen LogP contribution in [0.15, 0.2) is 5.38 Å². The Morgan fingerprint density at radius 3 is 2.83 bits per heavy atom. The molecule has 1 aromatic heterocycles. The second kappa shape index (κ2) is 6.95. The van der Waals surface area contributed by atoms with Crippen LogP contribution in [0.1, 0.15) is 23.5 Å². The van der Waals surface area contributed by atoms with Crippen molar-refractivity contribution in [3.8, 4) is 0 Å². The number of amides is 2. The maximum atomic E-state index is 11.6. The minimum Gasteiger partial charge on any atom is -0.481 e. The average Bonchev–Trinajstić information content (AvgIpc) is 2.71. The van der Waals surface area contributed by atoms with Gasteiger partial charge in [0.2, 0.25) is 0 Å². The highest BCUT2D eigenvalue weighted by Gasteiger charge is 2.09. The summed E-state index contributed by atoms with van der Waals surface area (Å²) in [6.45, 7) is 2.73. The van der Waals surface area contributed by atoms with E-state index >= 15 is 0 Å². The van der Waals surface area contributed by atoms with Crippen LogP contribution in [0.25, 0.3) is 0 Å². The van der Waals surface area contributed by atoms with E-state index in [-0.39, 0.29) is 12.5 Å². The second-order valence-corrected chi connectivity index (χ2v) is 4.90. The molecule has 1 rings (SSSR count). The molecule has 1 heterocycles. The number of carbonyl (C=O) groups is 2. The number of carbonyl (C=O) groups excluding carboxylic acids is 1. The van der Waals surface area contributed by atoms with Crippen molar-refractivity contribution in [2.75, 3.05) is 13.6 Å². The van der Waals surface area contributed by atoms with Crippen LogP contribution in [-0.4, -0.2) is 40.6 Å². The van der Waals surface area contributed by atoms with Gasteiger partial charge >= 0.3 is 12.0 Å². The van der Waals surface area contributed by atoms with E-state index in [2.05, 4.69) is 10.3 Å². The summed E-state index contributed by atoms with van der Waals surface area (Å²) in [5.41, 5.74) is 0.944. The van der Waals surface area contributed by atoms with E-state index in [9.17, 15) is 9.59 Å². The fourth-order valence-corrected chi connectivity index (χ4v) is 2.05. The van der Waals surface area contributed by atoms with Crippen LogP contribution in [0.5, 0.6) is 0 Å². The number of thiazole rings is 1. The summed E-state index contributed by atoms with van der Waals surface area (Å²) in [5.74, 6) is -0.845. The second-order valence-electron chi connectivity index (χ2n) is 3.96. The molecule has 0 spiro atoms. The number of rotatable bonds is 6. The number of aryl methyl sites for hydroxylation is 1. The Hall–Kier alpha value is -1.63. The molecule has 1 aromatic rings. The topological polar surface area (TPSA) is 82.5 Å². The van der Waals surface area contributed by atoms with Crippen LogP contribution in [0.4, 0.5) is 4.79 Å². The molecular formula is C11H17N3O3S. The summed E-state index contributed by atoms with van der Waals surface area (Å²) < 4.78 is 0. The maximum absolute atomic E-state index is 11.6. The number of nitrogens with one attached hydrogen (secondary N) is 1. The highest BCUT2D eigenvalue weighted by atomic mass is 32.1. The lowest BCUT2D eigenvalue weighted by molar-refractivity contribution is -0.137. The van der Waals surface area contributed by atoms with E-state index < -0.39 is 5.97 Å². The first-order chi connectivity index (χ1) is 8.49. The fraction of sp³-hybridized carbons (Fsp3) is 0.545. The monoisotopic (exact) mass is 271 g/mol. The number of hydrogen-bond acceptors (Lipinski definition) is 4. The maximum Gasteiger partial charge on any atom is 0.317 e. The van der Waals surface area contributed by atoms with Crippen molar-refractivity contribution in [2.45, 2.75) is 26.3 Å². The van der Waals surface area contributed by atoms with Crippen LogP contribution in [-0.2, 0) is 11.3 Å². The third kappa shape index (κ3) is 5.13. The molecule has 0 atom stereocenters. The van der Waals surface area contributed by atoms with Gasteiger partial charge in [-0.1, -0.05) is 0 Å². The Bertz CT molecular complexity index is 419. The van der Waals surface area contributed by atoms with Crippen LogP contribution in [0, 0.1) is 6.92 Å². The van der Waals surface area contributed by atoms with Gasteiger partial charge in [-0.25, -0.2) is 9.78 Å².